The van der Waals surface area contributed by atoms with E-state index in [4.69, 9.17) is 0 Å². The van der Waals surface area contributed by atoms with Gasteiger partial charge >= 0.3 is 0 Å². The summed E-state index contributed by atoms with van der Waals surface area (Å²) in [7, 11) is 0. The highest BCUT2D eigenvalue weighted by Gasteiger charge is 2.56. The molecule has 414 valence electrons. The summed E-state index contributed by atoms with van der Waals surface area (Å²) in [4.78, 5) is 9.97. The summed E-state index contributed by atoms with van der Waals surface area (Å²) in [6, 6.07) is 8.31. The molecule has 2 N–H and O–H groups in total. The first-order valence-electron chi connectivity index (χ1n) is 35.0. The van der Waals surface area contributed by atoms with Crippen LogP contribution in [0.2, 0.25) is 0 Å². The first kappa shape index (κ1) is 52.2. The lowest BCUT2D eigenvalue weighted by Crippen LogP contribution is -2.58. The second-order valence-corrected chi connectivity index (χ2v) is 30.1. The van der Waals surface area contributed by atoms with Gasteiger partial charge in [0, 0.05) is 54.4 Å². The van der Waals surface area contributed by atoms with Crippen LogP contribution in [0.5, 0.6) is 0 Å². The van der Waals surface area contributed by atoms with Gasteiger partial charge in [-0.05, 0) is 290 Å². The van der Waals surface area contributed by atoms with Crippen molar-refractivity contribution in [2.45, 2.75) is 349 Å². The Bertz CT molecular complexity index is 1520. The molecule has 10 aliphatic carbocycles. The van der Waals surface area contributed by atoms with Crippen molar-refractivity contribution in [3.05, 3.63) is 0 Å². The van der Waals surface area contributed by atoms with Crippen LogP contribution in [-0.2, 0) is 0 Å². The molecule has 13 fully saturated rings. The highest BCUT2D eigenvalue weighted by molar-refractivity contribution is 5.09. The number of hydrogen-bond donors (Lipinski definition) is 2. The smallest absolute Gasteiger partial charge is 0.0603 e. The predicted octanol–water partition coefficient (Wildman–Crippen LogP) is 16.2. The summed E-state index contributed by atoms with van der Waals surface area (Å²) in [5.74, 6) is 11.2. The lowest BCUT2D eigenvalue weighted by molar-refractivity contribution is 0.00130. The molecule has 0 aromatic rings. The number of piperidine rings is 2. The summed E-state index contributed by atoms with van der Waals surface area (Å²) in [5, 5.41) is 7.75. The third kappa shape index (κ3) is 11.4. The number of rotatable bonds is 11. The molecule has 13 rings (SSSR count). The van der Waals surface area contributed by atoms with Gasteiger partial charge in [-0.2, -0.15) is 0 Å². The summed E-state index contributed by atoms with van der Waals surface area (Å²) in [5.41, 5.74) is 0. The van der Waals surface area contributed by atoms with Gasteiger partial charge in [-0.15, -0.1) is 0 Å². The molecule has 0 aromatic heterocycles. The van der Waals surface area contributed by atoms with Crippen LogP contribution in [0, 0.1) is 65.1 Å². The van der Waals surface area contributed by atoms with E-state index in [1.807, 2.05) is 0 Å². The van der Waals surface area contributed by atoms with Crippen LogP contribution in [0.1, 0.15) is 289 Å². The van der Waals surface area contributed by atoms with Crippen molar-refractivity contribution in [1.29, 1.82) is 0 Å². The highest BCUT2D eigenvalue weighted by atomic mass is 15.3. The molecule has 3 heterocycles. The standard InChI is InChI=1S/C68H117N5/c1-5-14-55(15-6-1)71(56-16-7-2-8-17-56)59-35-29-50(30-36-59)53-33-41-66-64(46-53)65-47-54(51-31-37-60(38-32-51)72(57-18-9-3-10-19-57)58-20-11-4-12-21-58)34-42-67(65)73(66)61-39-27-49(28-40-61)48-23-25-52(26-24-48)62-43-45-70-68-63(62)22-13-44-69-68/h48-70H,1-47H2. The Labute approximate surface area is 450 Å². The summed E-state index contributed by atoms with van der Waals surface area (Å²) in [6.45, 7) is 2.49. The van der Waals surface area contributed by atoms with Gasteiger partial charge < -0.3 is 10.6 Å². The molecule has 0 spiro atoms. The molecule has 9 unspecified atom stereocenters. The zero-order valence-electron chi connectivity index (χ0n) is 47.7. The van der Waals surface area contributed by atoms with E-state index in [9.17, 15) is 0 Å². The van der Waals surface area contributed by atoms with Gasteiger partial charge in [0.2, 0.25) is 0 Å². The Balaban J connectivity index is 0.664. The van der Waals surface area contributed by atoms with E-state index < -0.39 is 0 Å². The highest BCUT2D eigenvalue weighted by Crippen LogP contribution is 2.58. The van der Waals surface area contributed by atoms with Crippen molar-refractivity contribution in [1.82, 2.24) is 25.3 Å². The molecule has 0 radical (unpaired) electrons. The minimum absolute atomic E-state index is 0.621. The molecule has 13 aliphatic rings. The maximum absolute atomic E-state index is 3.88. The molecular formula is C68H117N5. The number of fused-ring (bicyclic) bond motifs is 4. The second kappa shape index (κ2) is 24.7. The number of likely N-dealkylation sites (tertiary alicyclic amines) is 1. The van der Waals surface area contributed by atoms with Crippen LogP contribution in [0.3, 0.4) is 0 Å². The lowest BCUT2D eigenvalue weighted by atomic mass is 9.62. The van der Waals surface area contributed by atoms with Crippen LogP contribution in [0.25, 0.3) is 0 Å². The largest absolute Gasteiger partial charge is 0.302 e. The van der Waals surface area contributed by atoms with Gasteiger partial charge in [0.25, 0.3) is 0 Å². The quantitative estimate of drug-likeness (QED) is 0.216. The Hall–Kier alpha value is -0.200. The van der Waals surface area contributed by atoms with Crippen molar-refractivity contribution in [3.63, 3.8) is 0 Å². The van der Waals surface area contributed by atoms with Gasteiger partial charge in [-0.1, -0.05) is 77.0 Å². The maximum atomic E-state index is 3.88. The maximum Gasteiger partial charge on any atom is 0.0603 e. The van der Waals surface area contributed by atoms with Gasteiger partial charge in [-0.3, -0.25) is 14.7 Å². The molecule has 3 saturated heterocycles. The van der Waals surface area contributed by atoms with Crippen molar-refractivity contribution >= 4 is 0 Å². The van der Waals surface area contributed by atoms with Crippen molar-refractivity contribution in [2.75, 3.05) is 13.1 Å². The van der Waals surface area contributed by atoms with E-state index in [1.165, 1.54) is 161 Å². The SMILES string of the molecule is C1CCC(N(C2CCCCC2)C2CCC(C3CCC4C(C3)C3CC(C5CCC(N(C6CCCCC6)C6CCCCC6)CC5)CCC3N4C3CCC(C4CCC(C5CCNC6NCCCC65)CC4)CC3)CC2)CC1. The number of nitrogens with one attached hydrogen (secondary N) is 2. The number of hydrogen-bond acceptors (Lipinski definition) is 5. The van der Waals surface area contributed by atoms with Gasteiger partial charge in [-0.25, -0.2) is 0 Å². The van der Waals surface area contributed by atoms with Gasteiger partial charge in [0.05, 0.1) is 6.17 Å². The molecule has 9 atom stereocenters. The van der Waals surface area contributed by atoms with E-state index in [-0.39, 0.29) is 0 Å². The van der Waals surface area contributed by atoms with Gasteiger partial charge in [0.1, 0.15) is 0 Å². The molecular weight excluding hydrogens is 887 g/mol. The van der Waals surface area contributed by atoms with E-state index in [1.54, 1.807) is 141 Å². The third-order valence-electron chi connectivity index (χ3n) is 26.9. The zero-order valence-corrected chi connectivity index (χ0v) is 47.7. The zero-order chi connectivity index (χ0) is 48.5. The molecule has 3 aliphatic heterocycles. The second-order valence-electron chi connectivity index (χ2n) is 30.1. The monoisotopic (exact) mass is 1000 g/mol. The minimum Gasteiger partial charge on any atom is -0.302 e. The fraction of sp³-hybridized carbons (Fsp3) is 1.00. The van der Waals surface area contributed by atoms with Crippen LogP contribution >= 0.6 is 0 Å². The topological polar surface area (TPSA) is 33.8 Å². The third-order valence-corrected chi connectivity index (χ3v) is 26.9. The van der Waals surface area contributed by atoms with Crippen molar-refractivity contribution < 1.29 is 0 Å². The lowest BCUT2D eigenvalue weighted by Gasteiger charge is -2.50. The summed E-state index contributed by atoms with van der Waals surface area (Å²) in [6.07, 6.45) is 69.8. The Morgan fingerprint density at radius 1 is 0.247 bits per heavy atom. The molecule has 10 saturated carbocycles. The fourth-order valence-corrected chi connectivity index (χ4v) is 23.5. The average molecular weight is 1000 g/mol. The van der Waals surface area contributed by atoms with E-state index in [0.29, 0.717) is 6.17 Å². The molecule has 5 nitrogen and oxygen atoms in total. The van der Waals surface area contributed by atoms with Crippen molar-refractivity contribution in [2.24, 2.45) is 65.1 Å². The van der Waals surface area contributed by atoms with Crippen LogP contribution in [-0.4, -0.2) is 88.3 Å². The normalized spacial score (nSPS) is 45.7. The molecule has 0 bridgehead atoms. The first-order valence-corrected chi connectivity index (χ1v) is 35.0. The van der Waals surface area contributed by atoms with E-state index >= 15 is 0 Å². The Morgan fingerprint density at radius 2 is 0.603 bits per heavy atom. The van der Waals surface area contributed by atoms with Gasteiger partial charge in [0.15, 0.2) is 0 Å². The van der Waals surface area contributed by atoms with Crippen LogP contribution in [0.15, 0.2) is 0 Å². The van der Waals surface area contributed by atoms with E-state index in [2.05, 4.69) is 25.3 Å². The summed E-state index contributed by atoms with van der Waals surface area (Å²) < 4.78 is 0. The van der Waals surface area contributed by atoms with Crippen LogP contribution in [0.4, 0.5) is 0 Å². The average Bonchev–Trinajstić information content (AvgIpc) is 3.80. The molecule has 5 heteroatoms. The fourth-order valence-electron chi connectivity index (χ4n) is 23.5. The number of nitrogens with zero attached hydrogens (tertiary/aromatic N) is 3. The summed E-state index contributed by atoms with van der Waals surface area (Å²) >= 11 is 0. The van der Waals surface area contributed by atoms with Crippen molar-refractivity contribution in [3.8, 4) is 0 Å². The Kier molecular flexibility index (Phi) is 17.6. The Morgan fingerprint density at radius 3 is 1.05 bits per heavy atom. The first-order chi connectivity index (χ1) is 36.2. The minimum atomic E-state index is 0.621. The van der Waals surface area contributed by atoms with E-state index in [0.717, 1.165) is 119 Å². The molecule has 0 amide bonds. The molecule has 0 aromatic carbocycles. The van der Waals surface area contributed by atoms with Crippen LogP contribution < -0.4 is 10.6 Å². The predicted molar refractivity (Wildman–Crippen MR) is 306 cm³/mol. The molecule has 73 heavy (non-hydrogen) atoms.